The molecule has 4 atom stereocenters. The van der Waals surface area contributed by atoms with Crippen molar-refractivity contribution < 1.29 is 52.0 Å². The van der Waals surface area contributed by atoms with Gasteiger partial charge in [-0.1, -0.05) is 35.9 Å². The van der Waals surface area contributed by atoms with Gasteiger partial charge >= 0.3 is 29.6 Å². The highest BCUT2D eigenvalue weighted by molar-refractivity contribution is 6.32. The largest absolute Gasteiger partial charge is 0.456 e. The Bertz CT molecular complexity index is 2130. The predicted molar refractivity (Wildman–Crippen MR) is 167 cm³/mol. The van der Waals surface area contributed by atoms with E-state index in [0.717, 1.165) is 38.2 Å². The lowest BCUT2D eigenvalue weighted by atomic mass is 10.1. The topological polar surface area (TPSA) is 188 Å². The molecule has 3 heterocycles. The third kappa shape index (κ3) is 7.50. The molecule has 4 aromatic rings. The molecule has 5 rings (SSSR count). The van der Waals surface area contributed by atoms with Crippen LogP contribution in [0.2, 0.25) is 5.02 Å². The molecule has 2 aromatic heterocycles. The van der Waals surface area contributed by atoms with Crippen LogP contribution in [0.4, 0.5) is 4.39 Å². The number of benzene rings is 2. The van der Waals surface area contributed by atoms with Gasteiger partial charge < -0.3 is 23.7 Å². The summed E-state index contributed by atoms with van der Waals surface area (Å²) in [5.41, 5.74) is -3.47. The maximum absolute atomic E-state index is 15.0. The summed E-state index contributed by atoms with van der Waals surface area (Å²) >= 11 is 6.13. The van der Waals surface area contributed by atoms with Crippen molar-refractivity contribution >= 4 is 41.4 Å². The predicted octanol–water partition coefficient (Wildman–Crippen LogP) is 3.11. The molecule has 0 bridgehead atoms. The van der Waals surface area contributed by atoms with Crippen LogP contribution in [-0.4, -0.2) is 62.2 Å². The molecule has 1 aliphatic rings. The minimum Gasteiger partial charge on any atom is -0.456 e. The van der Waals surface area contributed by atoms with E-state index < -0.39 is 77.0 Å². The molecule has 0 radical (unpaired) electrons. The monoisotopic (exact) mass is 709 g/mol. The normalized spacial score (nSPS) is 18.2. The zero-order valence-corrected chi connectivity index (χ0v) is 27.0. The van der Waals surface area contributed by atoms with E-state index in [4.69, 9.17) is 35.3 Å². The van der Waals surface area contributed by atoms with Crippen LogP contribution < -0.4 is 20.7 Å². The minimum atomic E-state index is -1.63. The van der Waals surface area contributed by atoms with Crippen LogP contribution in [-0.2, 0) is 23.8 Å². The third-order valence-electron chi connectivity index (χ3n) is 7.12. The summed E-state index contributed by atoms with van der Waals surface area (Å²) in [6.07, 6.45) is -3.74. The minimum absolute atomic E-state index is 0.0368. The number of ether oxygens (including phenoxy) is 5. The van der Waals surface area contributed by atoms with Crippen LogP contribution in [0.1, 0.15) is 58.1 Å². The third-order valence-corrected chi connectivity index (χ3v) is 7.41. The number of hydrogen-bond donors (Lipinski definition) is 0. The number of halogens is 2. The first-order chi connectivity index (χ1) is 23.7. The second-order valence-electron chi connectivity index (χ2n) is 10.7. The average Bonchev–Trinajstić information content (AvgIpc) is 3.37. The quantitative estimate of drug-likeness (QED) is 0.243. The zero-order valence-electron chi connectivity index (χ0n) is 26.2. The number of esters is 4. The number of pyridine rings is 1. The lowest BCUT2D eigenvalue weighted by molar-refractivity contribution is -0.165. The van der Waals surface area contributed by atoms with Crippen LogP contribution in [0.15, 0.2) is 82.6 Å². The number of rotatable bonds is 8. The van der Waals surface area contributed by atoms with Crippen molar-refractivity contribution in [2.24, 2.45) is 0 Å². The number of nitrogens with zero attached hydrogens (tertiary/aromatic N) is 3. The van der Waals surface area contributed by atoms with Gasteiger partial charge in [0.1, 0.15) is 5.02 Å². The maximum atomic E-state index is 15.0. The lowest BCUT2D eigenvalue weighted by Gasteiger charge is -2.24. The molecule has 0 amide bonds. The van der Waals surface area contributed by atoms with Gasteiger partial charge in [-0.05, 0) is 37.3 Å². The Morgan fingerprint density at radius 1 is 0.840 bits per heavy atom. The van der Waals surface area contributed by atoms with Crippen molar-refractivity contribution in [2.75, 3.05) is 0 Å². The van der Waals surface area contributed by atoms with Gasteiger partial charge in [-0.25, -0.2) is 19.4 Å². The van der Waals surface area contributed by atoms with Gasteiger partial charge in [0.25, 0.3) is 11.5 Å². The second-order valence-corrected chi connectivity index (χ2v) is 11.1. The Morgan fingerprint density at radius 3 is 2.14 bits per heavy atom. The molecule has 0 N–H and O–H groups in total. The Hall–Kier alpha value is -6.00. The van der Waals surface area contributed by atoms with E-state index in [9.17, 15) is 33.6 Å². The van der Waals surface area contributed by atoms with Crippen molar-refractivity contribution in [3.05, 3.63) is 121 Å². The highest BCUT2D eigenvalue weighted by Crippen LogP contribution is 2.33. The van der Waals surface area contributed by atoms with Gasteiger partial charge in [0.05, 0.1) is 29.6 Å². The molecule has 258 valence electrons. The molecule has 2 aromatic carbocycles. The standard InChI is InChI=1S/C33H25ClFN3O12/c1-16-26(47-17(2)39)27(48-18(3)40)30(46-16)37-15-23(35)29(42)38(33(37)45)28(41)20-10-7-11-21(12-20)32(44)49-24-13-25(36-14-22(24)34)50-31(43)19-8-5-4-6-9-19/h4-16,26-27,30H,1-3H3/t16-,26-,27-,30-/m1/s1. The van der Waals surface area contributed by atoms with Gasteiger partial charge in [0, 0.05) is 25.5 Å². The highest BCUT2D eigenvalue weighted by Gasteiger charge is 2.49. The van der Waals surface area contributed by atoms with Gasteiger partial charge in [0.15, 0.2) is 24.2 Å². The second kappa shape index (κ2) is 14.6. The Kier molecular flexibility index (Phi) is 10.3. The van der Waals surface area contributed by atoms with Crippen molar-refractivity contribution in [1.29, 1.82) is 0 Å². The molecule has 1 fully saturated rings. The molecule has 1 saturated heterocycles. The summed E-state index contributed by atoms with van der Waals surface area (Å²) in [5.74, 6) is -6.82. The first-order valence-electron chi connectivity index (χ1n) is 14.6. The van der Waals surface area contributed by atoms with Gasteiger partial charge in [-0.2, -0.15) is 8.96 Å². The van der Waals surface area contributed by atoms with Crippen molar-refractivity contribution in [2.45, 2.75) is 45.3 Å². The fraction of sp³-hybridized carbons (Fsp3) is 0.212. The van der Waals surface area contributed by atoms with Gasteiger partial charge in [-0.15, -0.1) is 0 Å². The van der Waals surface area contributed by atoms with E-state index >= 15 is 4.39 Å². The maximum Gasteiger partial charge on any atom is 0.344 e. The molecule has 15 nitrogen and oxygen atoms in total. The summed E-state index contributed by atoms with van der Waals surface area (Å²) in [6.45, 7) is 3.57. The fourth-order valence-corrected chi connectivity index (χ4v) is 5.08. The van der Waals surface area contributed by atoms with Crippen LogP contribution in [0.5, 0.6) is 11.6 Å². The van der Waals surface area contributed by atoms with E-state index in [2.05, 4.69) is 4.98 Å². The molecule has 17 heteroatoms. The Labute approximate surface area is 285 Å². The number of carbonyl (C=O) groups is 5. The molecule has 0 unspecified atom stereocenters. The van der Waals surface area contributed by atoms with E-state index in [1.165, 1.54) is 31.2 Å². The first-order valence-corrected chi connectivity index (χ1v) is 15.0. The first kappa shape index (κ1) is 35.3. The summed E-state index contributed by atoms with van der Waals surface area (Å²) in [6, 6.07) is 13.7. The molecular formula is C33H25ClFN3O12. The van der Waals surface area contributed by atoms with Crippen LogP contribution in [0, 0.1) is 5.82 Å². The SMILES string of the molecule is CC(=O)O[C@@H]1[C@H](OC(C)=O)[C@@H](C)O[C@H]1n1cc(F)c(=O)n(C(=O)c2cccc(C(=O)Oc3cc(OC(=O)c4ccccc4)ncc3Cl)c2)c1=O. The molecule has 0 spiro atoms. The number of hydrogen-bond acceptors (Lipinski definition) is 13. The molecule has 1 aliphatic heterocycles. The molecule has 50 heavy (non-hydrogen) atoms. The molecule has 0 saturated carbocycles. The summed E-state index contributed by atoms with van der Waals surface area (Å²) in [7, 11) is 0. The van der Waals surface area contributed by atoms with Crippen molar-refractivity contribution in [3.8, 4) is 11.6 Å². The fourth-order valence-electron chi connectivity index (χ4n) is 4.93. The number of carbonyl (C=O) groups excluding carboxylic acids is 5. The highest BCUT2D eigenvalue weighted by atomic mass is 35.5. The average molecular weight is 710 g/mol. The lowest BCUT2D eigenvalue weighted by Crippen LogP contribution is -2.48. The van der Waals surface area contributed by atoms with Crippen molar-refractivity contribution in [1.82, 2.24) is 14.1 Å². The van der Waals surface area contributed by atoms with Crippen LogP contribution in [0.25, 0.3) is 0 Å². The van der Waals surface area contributed by atoms with Gasteiger partial charge in [-0.3, -0.25) is 23.7 Å². The zero-order chi connectivity index (χ0) is 36.3. The van der Waals surface area contributed by atoms with E-state index in [0.29, 0.717) is 10.8 Å². The smallest absolute Gasteiger partial charge is 0.344 e. The molecule has 0 aliphatic carbocycles. The Morgan fingerprint density at radius 2 is 1.46 bits per heavy atom. The Balaban J connectivity index is 1.42. The van der Waals surface area contributed by atoms with Crippen molar-refractivity contribution in [3.63, 3.8) is 0 Å². The summed E-state index contributed by atoms with van der Waals surface area (Å²) < 4.78 is 42.2. The van der Waals surface area contributed by atoms with E-state index in [-0.39, 0.29) is 32.3 Å². The van der Waals surface area contributed by atoms with Crippen LogP contribution >= 0.6 is 11.6 Å². The molecular weight excluding hydrogens is 685 g/mol. The summed E-state index contributed by atoms with van der Waals surface area (Å²) in [4.78, 5) is 92.9. The van der Waals surface area contributed by atoms with E-state index in [1.54, 1.807) is 18.2 Å². The summed E-state index contributed by atoms with van der Waals surface area (Å²) in [5, 5.41) is -0.136. The number of aromatic nitrogens is 3. The van der Waals surface area contributed by atoms with Gasteiger partial charge in [0.2, 0.25) is 11.7 Å². The van der Waals surface area contributed by atoms with E-state index in [1.807, 2.05) is 0 Å². The van der Waals surface area contributed by atoms with Crippen LogP contribution in [0.3, 0.4) is 0 Å².